The Morgan fingerprint density at radius 1 is 1.02 bits per heavy atom. The summed E-state index contributed by atoms with van der Waals surface area (Å²) in [6, 6.07) is 11.6. The number of nitro benzene ring substituents is 1. The number of carbonyl (C=O) groups excluding carboxylic acids is 1. The lowest BCUT2D eigenvalue weighted by atomic mass is 10.0. The van der Waals surface area contributed by atoms with Crippen LogP contribution in [-0.4, -0.2) is 72.5 Å². The summed E-state index contributed by atoms with van der Waals surface area (Å²) in [6.07, 6.45) is -2.28. The van der Waals surface area contributed by atoms with Gasteiger partial charge in [0.05, 0.1) is 4.92 Å². The lowest BCUT2D eigenvalue weighted by Gasteiger charge is -2.33. The molecule has 1 amide bonds. The molecule has 0 bridgehead atoms. The molecule has 3 heterocycles. The first-order chi connectivity index (χ1) is 19.1. The number of fused-ring (bicyclic) bond motifs is 1. The van der Waals surface area contributed by atoms with Crippen LogP contribution in [0.15, 0.2) is 42.5 Å². The Labute approximate surface area is 232 Å². The number of hydrogen-bond donors (Lipinski definition) is 1. The molecule has 0 saturated carbocycles. The minimum absolute atomic E-state index is 0.102. The lowest BCUT2D eigenvalue weighted by molar-refractivity contribution is -0.388. The molecule has 1 unspecified atom stereocenters. The summed E-state index contributed by atoms with van der Waals surface area (Å²) in [5.41, 5.74) is 0.547. The molecule has 216 valence electrons. The standard InChI is InChI=1S/C29H36F3N5O3/c1-20-4-7-25(8-5-20)36-18-21-16-34(17-22(21)19-36)12-2-3-28(38)35-13-10-23(11-14-35)33-24-6-9-27(37(39)40)26(15-24)29(30,31)32/h4-9,15,21-23,33H,2-3,10-14,16-19H2,1H3/t21-,22?/m0/s1. The summed E-state index contributed by atoms with van der Waals surface area (Å²) in [5.74, 6) is 1.47. The van der Waals surface area contributed by atoms with Gasteiger partial charge in [0.1, 0.15) is 5.56 Å². The van der Waals surface area contributed by atoms with Gasteiger partial charge in [-0.3, -0.25) is 14.9 Å². The fourth-order valence-electron chi connectivity index (χ4n) is 6.37. The van der Waals surface area contributed by atoms with Crippen LogP contribution in [0.3, 0.4) is 0 Å². The second-order valence-electron chi connectivity index (χ2n) is 11.4. The Hall–Kier alpha value is -3.34. The number of anilines is 2. The molecule has 3 fully saturated rings. The number of aryl methyl sites for hydroxylation is 1. The van der Waals surface area contributed by atoms with E-state index in [-0.39, 0.29) is 17.6 Å². The second-order valence-corrected chi connectivity index (χ2v) is 11.4. The highest BCUT2D eigenvalue weighted by molar-refractivity contribution is 5.76. The van der Waals surface area contributed by atoms with Crippen LogP contribution in [0.5, 0.6) is 0 Å². The third-order valence-electron chi connectivity index (χ3n) is 8.54. The Bertz CT molecular complexity index is 1200. The smallest absolute Gasteiger partial charge is 0.382 e. The molecule has 8 nitrogen and oxygen atoms in total. The quantitative estimate of drug-likeness (QED) is 0.355. The number of benzene rings is 2. The number of nitrogens with zero attached hydrogens (tertiary/aromatic N) is 4. The normalized spacial score (nSPS) is 22.0. The molecule has 2 atom stereocenters. The summed E-state index contributed by atoms with van der Waals surface area (Å²) < 4.78 is 39.8. The lowest BCUT2D eigenvalue weighted by Crippen LogP contribution is -2.42. The molecule has 5 rings (SSSR count). The highest BCUT2D eigenvalue weighted by Gasteiger charge is 2.40. The number of alkyl halides is 3. The van der Waals surface area contributed by atoms with Gasteiger partial charge in [0, 0.05) is 69.2 Å². The average molecular weight is 560 g/mol. The van der Waals surface area contributed by atoms with Crippen LogP contribution in [0, 0.1) is 28.9 Å². The van der Waals surface area contributed by atoms with E-state index < -0.39 is 22.4 Å². The zero-order valence-corrected chi connectivity index (χ0v) is 22.7. The van der Waals surface area contributed by atoms with Crippen molar-refractivity contribution in [2.75, 3.05) is 56.0 Å². The van der Waals surface area contributed by atoms with Crippen molar-refractivity contribution >= 4 is 23.0 Å². The number of likely N-dealkylation sites (tertiary alicyclic amines) is 2. The zero-order valence-electron chi connectivity index (χ0n) is 22.7. The minimum atomic E-state index is -4.81. The maximum Gasteiger partial charge on any atom is 0.423 e. The van der Waals surface area contributed by atoms with E-state index in [2.05, 4.69) is 46.3 Å². The largest absolute Gasteiger partial charge is 0.423 e. The van der Waals surface area contributed by atoms with Crippen molar-refractivity contribution in [2.24, 2.45) is 11.8 Å². The number of amides is 1. The van der Waals surface area contributed by atoms with Crippen molar-refractivity contribution in [3.8, 4) is 0 Å². The van der Waals surface area contributed by atoms with Gasteiger partial charge in [-0.05, 0) is 68.8 Å². The van der Waals surface area contributed by atoms with Crippen molar-refractivity contribution < 1.29 is 22.9 Å². The highest BCUT2D eigenvalue weighted by Crippen LogP contribution is 2.38. The maximum absolute atomic E-state index is 13.3. The molecule has 2 aromatic carbocycles. The molecule has 40 heavy (non-hydrogen) atoms. The van der Waals surface area contributed by atoms with Crippen LogP contribution in [-0.2, 0) is 11.0 Å². The predicted molar refractivity (Wildman–Crippen MR) is 147 cm³/mol. The van der Waals surface area contributed by atoms with Crippen LogP contribution < -0.4 is 10.2 Å². The molecule has 3 saturated heterocycles. The summed E-state index contributed by atoms with van der Waals surface area (Å²) in [7, 11) is 0. The van der Waals surface area contributed by atoms with Gasteiger partial charge in [0.2, 0.25) is 5.91 Å². The molecule has 3 aliphatic rings. The predicted octanol–water partition coefficient (Wildman–Crippen LogP) is 5.17. The monoisotopic (exact) mass is 559 g/mol. The van der Waals surface area contributed by atoms with Crippen molar-refractivity contribution in [3.63, 3.8) is 0 Å². The number of piperidine rings is 1. The fraction of sp³-hybridized carbons (Fsp3) is 0.552. The number of rotatable bonds is 8. The minimum Gasteiger partial charge on any atom is -0.382 e. The second kappa shape index (κ2) is 11.6. The number of hydrogen-bond acceptors (Lipinski definition) is 6. The summed E-state index contributed by atoms with van der Waals surface area (Å²) >= 11 is 0. The number of nitrogens with one attached hydrogen (secondary N) is 1. The molecule has 0 radical (unpaired) electrons. The van der Waals surface area contributed by atoms with Crippen LogP contribution in [0.4, 0.5) is 30.2 Å². The molecule has 2 aromatic rings. The number of halogens is 3. The van der Waals surface area contributed by atoms with Crippen molar-refractivity contribution in [3.05, 3.63) is 63.7 Å². The first-order valence-electron chi connectivity index (χ1n) is 14.0. The van der Waals surface area contributed by atoms with Crippen molar-refractivity contribution in [1.82, 2.24) is 9.80 Å². The van der Waals surface area contributed by atoms with Crippen LogP contribution in [0.25, 0.3) is 0 Å². The van der Waals surface area contributed by atoms with E-state index in [9.17, 15) is 28.1 Å². The summed E-state index contributed by atoms with van der Waals surface area (Å²) in [4.78, 5) is 29.6. The van der Waals surface area contributed by atoms with Gasteiger partial charge in [-0.2, -0.15) is 13.2 Å². The van der Waals surface area contributed by atoms with E-state index >= 15 is 0 Å². The van der Waals surface area contributed by atoms with Gasteiger partial charge in [-0.25, -0.2) is 0 Å². The summed E-state index contributed by atoms with van der Waals surface area (Å²) in [6.45, 7) is 8.44. The summed E-state index contributed by atoms with van der Waals surface area (Å²) in [5, 5.41) is 14.0. The Morgan fingerprint density at radius 2 is 1.68 bits per heavy atom. The molecule has 0 aromatic heterocycles. The molecule has 11 heteroatoms. The SMILES string of the molecule is Cc1ccc(N2CC3CN(CCCC(=O)N4CCC(Nc5ccc([N+](=O)[O-])c(C(F)(F)F)c5)CC4)C[C@H]3C2)cc1. The van der Waals surface area contributed by atoms with Gasteiger partial charge in [0.25, 0.3) is 5.69 Å². The number of carbonyl (C=O) groups is 1. The molecular weight excluding hydrogens is 523 g/mol. The zero-order chi connectivity index (χ0) is 28.4. The first-order valence-corrected chi connectivity index (χ1v) is 14.0. The Balaban J connectivity index is 1.02. The fourth-order valence-corrected chi connectivity index (χ4v) is 6.37. The van der Waals surface area contributed by atoms with Gasteiger partial charge >= 0.3 is 6.18 Å². The van der Waals surface area contributed by atoms with E-state index in [1.54, 1.807) is 0 Å². The number of nitro groups is 1. The van der Waals surface area contributed by atoms with Crippen molar-refractivity contribution in [1.29, 1.82) is 0 Å². The van der Waals surface area contributed by atoms with E-state index in [1.165, 1.54) is 17.3 Å². The average Bonchev–Trinajstić information content (AvgIpc) is 3.48. The molecular formula is C29H36F3N5O3. The van der Waals surface area contributed by atoms with Gasteiger partial charge in [0.15, 0.2) is 0 Å². The molecule has 0 spiro atoms. The Kier molecular flexibility index (Phi) is 8.21. The van der Waals surface area contributed by atoms with Crippen LogP contribution in [0.2, 0.25) is 0 Å². The molecule has 1 N–H and O–H groups in total. The Morgan fingerprint density at radius 3 is 2.27 bits per heavy atom. The van der Waals surface area contributed by atoms with E-state index in [0.717, 1.165) is 51.3 Å². The van der Waals surface area contributed by atoms with Crippen LogP contribution in [0.1, 0.15) is 36.8 Å². The van der Waals surface area contributed by atoms with Gasteiger partial charge in [-0.15, -0.1) is 0 Å². The topological polar surface area (TPSA) is 82.0 Å². The van der Waals surface area contributed by atoms with E-state index in [4.69, 9.17) is 0 Å². The van der Waals surface area contributed by atoms with Gasteiger partial charge < -0.3 is 20.0 Å². The van der Waals surface area contributed by atoms with E-state index in [0.29, 0.717) is 44.2 Å². The molecule has 3 aliphatic heterocycles. The third kappa shape index (κ3) is 6.51. The molecule has 0 aliphatic carbocycles. The maximum atomic E-state index is 13.3. The van der Waals surface area contributed by atoms with E-state index in [1.807, 2.05) is 4.90 Å². The van der Waals surface area contributed by atoms with Crippen LogP contribution >= 0.6 is 0 Å². The van der Waals surface area contributed by atoms with Crippen molar-refractivity contribution in [2.45, 2.75) is 44.8 Å². The van der Waals surface area contributed by atoms with Gasteiger partial charge in [-0.1, -0.05) is 17.7 Å². The highest BCUT2D eigenvalue weighted by atomic mass is 19.4. The first kappa shape index (κ1) is 28.2. The third-order valence-corrected chi connectivity index (χ3v) is 8.54.